The molecule has 2 atom stereocenters. The molecule has 1 N–H and O–H groups in total. The molecule has 2 fully saturated rings. The van der Waals surface area contributed by atoms with Crippen molar-refractivity contribution in [3.05, 3.63) is 51.9 Å². The summed E-state index contributed by atoms with van der Waals surface area (Å²) < 4.78 is 40.4. The highest BCUT2D eigenvalue weighted by Crippen LogP contribution is 2.35. The van der Waals surface area contributed by atoms with Crippen LogP contribution in [-0.2, 0) is 19.0 Å². The number of rotatable bonds is 3. The number of benzene rings is 1. The van der Waals surface area contributed by atoms with Crippen LogP contribution in [0.2, 0.25) is 5.02 Å². The summed E-state index contributed by atoms with van der Waals surface area (Å²) in [6, 6.07) is 6.53. The van der Waals surface area contributed by atoms with Crippen molar-refractivity contribution in [1.29, 1.82) is 0 Å². The van der Waals surface area contributed by atoms with Crippen LogP contribution in [0.5, 0.6) is 0 Å². The smallest absolute Gasteiger partial charge is 0.390 e. The van der Waals surface area contributed by atoms with Crippen LogP contribution in [-0.4, -0.2) is 82.2 Å². The summed E-state index contributed by atoms with van der Waals surface area (Å²) in [4.78, 5) is 26.2. The van der Waals surface area contributed by atoms with Crippen LogP contribution in [0.4, 0.5) is 19.0 Å². The van der Waals surface area contributed by atoms with E-state index in [0.29, 0.717) is 67.7 Å². The van der Waals surface area contributed by atoms with E-state index >= 15 is 0 Å². The molecule has 0 bridgehead atoms. The number of aryl methyl sites for hydroxylation is 1. The Morgan fingerprint density at radius 1 is 1.00 bits per heavy atom. The average Bonchev–Trinajstić information content (AvgIpc) is 3.24. The van der Waals surface area contributed by atoms with E-state index < -0.39 is 18.1 Å². The van der Waals surface area contributed by atoms with E-state index in [2.05, 4.69) is 14.9 Å². The molecule has 1 aromatic carbocycles. The van der Waals surface area contributed by atoms with E-state index in [9.17, 15) is 23.1 Å². The second-order valence-corrected chi connectivity index (χ2v) is 9.81. The zero-order valence-corrected chi connectivity index (χ0v) is 19.9. The number of β-amino-alcohol motifs (C(OH)–C–C–N with tert-alkyl or cyclic N) is 1. The largest absolute Gasteiger partial charge is 0.451 e. The van der Waals surface area contributed by atoms with Crippen LogP contribution < -0.4 is 4.90 Å². The molecule has 5 rings (SSSR count). The summed E-state index contributed by atoms with van der Waals surface area (Å²) in [6.45, 7) is 2.76. The van der Waals surface area contributed by atoms with Gasteiger partial charge in [0.25, 0.3) is 5.91 Å². The number of carbonyl (C=O) groups excluding carboxylic acids is 1. The van der Waals surface area contributed by atoms with E-state index in [-0.39, 0.29) is 18.5 Å². The molecule has 3 aliphatic rings. The lowest BCUT2D eigenvalue weighted by molar-refractivity contribution is -0.145. The van der Waals surface area contributed by atoms with Gasteiger partial charge in [0.05, 0.1) is 12.1 Å². The van der Waals surface area contributed by atoms with Gasteiger partial charge in [-0.15, -0.1) is 0 Å². The van der Waals surface area contributed by atoms with E-state index in [0.717, 1.165) is 18.4 Å². The summed E-state index contributed by atoms with van der Waals surface area (Å²) in [7, 11) is 0. The maximum Gasteiger partial charge on any atom is 0.451 e. The third-order valence-corrected chi connectivity index (χ3v) is 7.39. The SMILES string of the molecule is O=C(c1ccc(Cl)cc1)N1CCN([C@@H]2CN(c3nc(C(F)(F)F)nc4c3CCCC4)C[C@H]2O)CC1. The maximum absolute atomic E-state index is 13.5. The number of aliphatic hydroxyl groups is 1. The van der Waals surface area contributed by atoms with E-state index in [1.54, 1.807) is 34.1 Å². The molecular weight excluding hydrogens is 483 g/mol. The summed E-state index contributed by atoms with van der Waals surface area (Å²) in [5.74, 6) is -0.872. The van der Waals surface area contributed by atoms with Crippen molar-refractivity contribution in [1.82, 2.24) is 19.8 Å². The van der Waals surface area contributed by atoms with Crippen molar-refractivity contribution < 1.29 is 23.1 Å². The Morgan fingerprint density at radius 3 is 2.37 bits per heavy atom. The number of aromatic nitrogens is 2. The number of nitrogens with zero attached hydrogens (tertiary/aromatic N) is 5. The molecule has 7 nitrogen and oxygen atoms in total. The number of hydrogen-bond donors (Lipinski definition) is 1. The van der Waals surface area contributed by atoms with Crippen LogP contribution >= 0.6 is 11.6 Å². The first kappa shape index (κ1) is 24.3. The van der Waals surface area contributed by atoms with Crippen molar-refractivity contribution in [3.63, 3.8) is 0 Å². The molecule has 2 aliphatic heterocycles. The molecule has 0 saturated carbocycles. The van der Waals surface area contributed by atoms with Gasteiger partial charge in [0.15, 0.2) is 0 Å². The molecule has 188 valence electrons. The monoisotopic (exact) mass is 509 g/mol. The molecule has 2 aromatic rings. The van der Waals surface area contributed by atoms with E-state index in [1.165, 1.54) is 0 Å². The van der Waals surface area contributed by atoms with Crippen molar-refractivity contribution in [2.24, 2.45) is 0 Å². The fourth-order valence-corrected chi connectivity index (χ4v) is 5.42. The Kier molecular flexibility index (Phi) is 6.63. The number of alkyl halides is 3. The summed E-state index contributed by atoms with van der Waals surface area (Å²) in [5, 5.41) is 11.4. The van der Waals surface area contributed by atoms with E-state index in [1.807, 2.05) is 0 Å². The highest BCUT2D eigenvalue weighted by Gasteiger charge is 2.41. The van der Waals surface area contributed by atoms with Gasteiger partial charge >= 0.3 is 6.18 Å². The molecule has 1 aliphatic carbocycles. The van der Waals surface area contributed by atoms with Gasteiger partial charge in [-0.3, -0.25) is 9.69 Å². The predicted octanol–water partition coefficient (Wildman–Crippen LogP) is 3.04. The second-order valence-electron chi connectivity index (χ2n) is 9.38. The lowest BCUT2D eigenvalue weighted by Gasteiger charge is -2.38. The predicted molar refractivity (Wildman–Crippen MR) is 125 cm³/mol. The molecule has 11 heteroatoms. The van der Waals surface area contributed by atoms with Gasteiger partial charge in [0.2, 0.25) is 5.82 Å². The first-order valence-corrected chi connectivity index (χ1v) is 12.3. The van der Waals surface area contributed by atoms with Gasteiger partial charge in [-0.05, 0) is 49.9 Å². The molecule has 35 heavy (non-hydrogen) atoms. The third-order valence-electron chi connectivity index (χ3n) is 7.14. The number of fused-ring (bicyclic) bond motifs is 1. The van der Waals surface area contributed by atoms with Crippen LogP contribution in [0, 0.1) is 0 Å². The van der Waals surface area contributed by atoms with Crippen molar-refractivity contribution >= 4 is 23.3 Å². The summed E-state index contributed by atoms with van der Waals surface area (Å²) in [5.41, 5.74) is 1.82. The molecule has 0 unspecified atom stereocenters. The minimum absolute atomic E-state index is 0.0674. The van der Waals surface area contributed by atoms with Gasteiger partial charge < -0.3 is 14.9 Å². The highest BCUT2D eigenvalue weighted by atomic mass is 35.5. The van der Waals surface area contributed by atoms with Gasteiger partial charge in [-0.25, -0.2) is 9.97 Å². The fraction of sp³-hybridized carbons (Fsp3) is 0.542. The Labute approximate surface area is 206 Å². The topological polar surface area (TPSA) is 72.8 Å². The zero-order chi connectivity index (χ0) is 24.7. The molecule has 2 saturated heterocycles. The molecule has 1 amide bonds. The Balaban J connectivity index is 1.28. The van der Waals surface area contributed by atoms with Gasteiger partial charge in [0.1, 0.15) is 5.82 Å². The fourth-order valence-electron chi connectivity index (χ4n) is 5.30. The first-order chi connectivity index (χ1) is 16.7. The maximum atomic E-state index is 13.5. The number of amides is 1. The number of piperazine rings is 1. The molecule has 0 spiro atoms. The molecule has 1 aromatic heterocycles. The molecule has 3 heterocycles. The van der Waals surface area contributed by atoms with Crippen molar-refractivity contribution in [2.75, 3.05) is 44.2 Å². The van der Waals surface area contributed by atoms with Crippen LogP contribution in [0.15, 0.2) is 24.3 Å². The number of carbonyl (C=O) groups is 1. The lowest BCUT2D eigenvalue weighted by atomic mass is 9.96. The lowest BCUT2D eigenvalue weighted by Crippen LogP contribution is -2.54. The minimum Gasteiger partial charge on any atom is -0.390 e. The Morgan fingerprint density at radius 2 is 1.69 bits per heavy atom. The number of aliphatic hydroxyl groups excluding tert-OH is 1. The van der Waals surface area contributed by atoms with Crippen molar-refractivity contribution in [3.8, 4) is 0 Å². The Hall–Kier alpha value is -2.43. The van der Waals surface area contributed by atoms with Crippen LogP contribution in [0.1, 0.15) is 40.3 Å². The average molecular weight is 510 g/mol. The number of halogens is 4. The number of hydrogen-bond acceptors (Lipinski definition) is 6. The van der Waals surface area contributed by atoms with Crippen LogP contribution in [0.3, 0.4) is 0 Å². The molecular formula is C24H27ClF3N5O2. The number of anilines is 1. The quantitative estimate of drug-likeness (QED) is 0.686. The van der Waals surface area contributed by atoms with Gasteiger partial charge in [-0.1, -0.05) is 11.6 Å². The summed E-state index contributed by atoms with van der Waals surface area (Å²) >= 11 is 5.91. The second kappa shape index (κ2) is 9.55. The van der Waals surface area contributed by atoms with Gasteiger partial charge in [0, 0.05) is 61.1 Å². The molecule has 0 radical (unpaired) electrons. The van der Waals surface area contributed by atoms with Crippen LogP contribution in [0.25, 0.3) is 0 Å². The van der Waals surface area contributed by atoms with Crippen molar-refractivity contribution in [2.45, 2.75) is 44.0 Å². The standard InChI is InChI=1S/C24H27ClF3N5O2/c25-16-7-5-15(6-8-16)22(35)32-11-9-31(10-12-32)19-13-33(14-20(19)34)21-17-3-1-2-4-18(17)29-23(30-21)24(26,27)28/h5-8,19-20,34H,1-4,9-14H2/t19-,20-/m1/s1. The first-order valence-electron chi connectivity index (χ1n) is 11.9. The summed E-state index contributed by atoms with van der Waals surface area (Å²) in [6.07, 6.45) is -2.49. The Bertz CT molecular complexity index is 1090. The zero-order valence-electron chi connectivity index (χ0n) is 19.1. The minimum atomic E-state index is -4.62. The normalized spacial score (nSPS) is 23.5. The third kappa shape index (κ3) is 4.96. The van der Waals surface area contributed by atoms with E-state index in [4.69, 9.17) is 11.6 Å². The highest BCUT2D eigenvalue weighted by molar-refractivity contribution is 6.30. The van der Waals surface area contributed by atoms with Gasteiger partial charge in [-0.2, -0.15) is 13.2 Å².